The van der Waals surface area contributed by atoms with Crippen molar-refractivity contribution in [3.63, 3.8) is 0 Å². The van der Waals surface area contributed by atoms with E-state index in [2.05, 4.69) is 58.5 Å². The van der Waals surface area contributed by atoms with Crippen LogP contribution in [0.3, 0.4) is 0 Å². The molecule has 1 aromatic carbocycles. The molecule has 0 radical (unpaired) electrons. The van der Waals surface area contributed by atoms with E-state index in [1.165, 1.54) is 6.92 Å². The molecule has 1 saturated heterocycles. The van der Waals surface area contributed by atoms with Gasteiger partial charge in [0, 0.05) is 13.0 Å². The van der Waals surface area contributed by atoms with Crippen molar-refractivity contribution in [2.45, 2.75) is 191 Å². The van der Waals surface area contributed by atoms with Gasteiger partial charge < -0.3 is 106 Å². The number of unbranched alkanes of at least 4 members (excludes halogenated alkanes) is 2. The van der Waals surface area contributed by atoms with Gasteiger partial charge in [0.05, 0.1) is 25.4 Å². The largest absolute Gasteiger partial charge is 0.391 e. The van der Waals surface area contributed by atoms with Gasteiger partial charge in [0.15, 0.2) is 0 Å². The minimum Gasteiger partial charge on any atom is -0.391 e. The van der Waals surface area contributed by atoms with Crippen molar-refractivity contribution >= 4 is 72.6 Å². The average Bonchev–Trinajstić information content (AvgIpc) is 2.32. The molecule has 1 heterocycles. The number of carbonyl (C=O) groups is 11. The van der Waals surface area contributed by atoms with E-state index in [1.54, 1.807) is 44.2 Å². The second-order valence-electron chi connectivity index (χ2n) is 22.4. The molecule has 1 aliphatic rings. The highest BCUT2D eigenvalue weighted by molar-refractivity contribution is 7.54. The number of hydrogen-bond donors (Lipinski definition) is 18. The Morgan fingerprint density at radius 3 is 1.53 bits per heavy atom. The van der Waals surface area contributed by atoms with Crippen LogP contribution in [-0.2, 0) is 72.8 Å². The predicted octanol–water partition coefficient (Wildman–Crippen LogP) is -5.02. The minimum atomic E-state index is -3.98. The lowest BCUT2D eigenvalue weighted by Crippen LogP contribution is -2.62. The number of hydrogen-bond acceptors (Lipinski definition) is 21. The van der Waals surface area contributed by atoms with Crippen LogP contribution in [0.25, 0.3) is 0 Å². The summed E-state index contributed by atoms with van der Waals surface area (Å²) in [4.78, 5) is 155. The summed E-state index contributed by atoms with van der Waals surface area (Å²) in [5, 5.41) is 49.4. The monoisotopic (exact) mass is 1300 g/mol. The molecule has 0 spiro atoms. The lowest BCUT2D eigenvalue weighted by molar-refractivity contribution is -0.137. The normalized spacial score (nSPS) is 22.1. The zero-order valence-electron chi connectivity index (χ0n) is 52.7. The van der Waals surface area contributed by atoms with Crippen molar-refractivity contribution in [2.24, 2.45) is 34.6 Å². The second kappa shape index (κ2) is 42.3. The maximum atomic E-state index is 14.6. The second-order valence-corrected chi connectivity index (χ2v) is 24.5. The van der Waals surface area contributed by atoms with Gasteiger partial charge in [-0.2, -0.15) is 0 Å². The third-order valence-corrected chi connectivity index (χ3v) is 15.9. The number of amides is 11. The Bertz CT molecular complexity index is 2500. The van der Waals surface area contributed by atoms with Gasteiger partial charge in [0.2, 0.25) is 65.0 Å². The van der Waals surface area contributed by atoms with Crippen LogP contribution in [0, 0.1) is 5.92 Å². The first-order valence-corrected chi connectivity index (χ1v) is 32.5. The number of carbonyl (C=O) groups excluding carboxylic acids is 11. The molecule has 23 N–H and O–H groups in total. The molecule has 2 unspecified atom stereocenters. The summed E-state index contributed by atoms with van der Waals surface area (Å²) in [6.45, 7) is 8.33. The molecule has 90 heavy (non-hydrogen) atoms. The van der Waals surface area contributed by atoms with Crippen molar-refractivity contribution in [1.29, 1.82) is 0 Å². The summed E-state index contributed by atoms with van der Waals surface area (Å²) in [5.74, 6) is -10.9. The third-order valence-electron chi connectivity index (χ3n) is 14.1. The Morgan fingerprint density at radius 1 is 0.589 bits per heavy atom. The number of benzene rings is 1. The van der Waals surface area contributed by atoms with Gasteiger partial charge in [0.25, 0.3) is 0 Å². The molecule has 11 amide bonds. The first-order chi connectivity index (χ1) is 42.7. The standard InChI is InChI=1S/C57H101N16O16P/c1-7-9-28-88-90(87,89-29-10-8-2)32-45(76)64-37(16-22-58)52(81)73-47(35(6)75)57(86)69-40(19-25-61)49(78)68-42-21-27-63-56(85)46(34(5)74)72-53(82)41(20-26-62)66-48(77)38(17-23-59)67-54(83)43(30-33(3)4)70-55(84)44(31-36-14-12-11-13-15-36)71-50(79)39(18-24-60)65-51(42)80/h11-15,33-35,37-44,46-47,74-75H,7-10,16-32,58-62H2,1-6H3,(H,63,85)(H,64,76)(H,65,80)(H,66,77)(H,67,83)(H,68,78)(H,69,86)(H,70,84)(H,71,79)(H,72,82)(H,73,81)/t34?,35?,37-,38-,39-,40-,41-,42-,43-,44+,46-,47-/m0/s1. The number of nitrogens with one attached hydrogen (secondary N) is 11. The SMILES string of the molecule is CCCCOP(=O)(CC(=O)N[C@@H](CCN)C(=O)N[C@H](C(=O)N[C@@H](CCN)C(=O)N[C@H]1CCNC(=O)[C@H](C(C)O)NC(=O)[C@H](CCN)NC(=O)[C@H](CCN)NC(=O)[C@H](CC(C)C)NC(=O)[C@@H](Cc2ccccc2)NC(=O)[C@H](CCN)NC1=O)C(C)O)OCCCC. The van der Waals surface area contributed by atoms with Gasteiger partial charge in [0.1, 0.15) is 66.6 Å². The first kappa shape index (κ1) is 79.4. The van der Waals surface area contributed by atoms with Crippen LogP contribution in [-0.4, -0.2) is 206 Å². The molecular formula is C57H101N16O16P. The van der Waals surface area contributed by atoms with E-state index >= 15 is 0 Å². The molecular weight excluding hydrogens is 1200 g/mol. The van der Waals surface area contributed by atoms with E-state index in [0.29, 0.717) is 31.2 Å². The van der Waals surface area contributed by atoms with Crippen LogP contribution in [0.5, 0.6) is 0 Å². The summed E-state index contributed by atoms with van der Waals surface area (Å²) < 4.78 is 24.6. The van der Waals surface area contributed by atoms with Crippen LogP contribution in [0.15, 0.2) is 30.3 Å². The summed E-state index contributed by atoms with van der Waals surface area (Å²) in [6, 6.07) is -6.89. The lowest BCUT2D eigenvalue weighted by atomic mass is 10.00. The molecule has 510 valence electrons. The first-order valence-electron chi connectivity index (χ1n) is 30.8. The molecule has 0 bridgehead atoms. The van der Waals surface area contributed by atoms with E-state index in [9.17, 15) is 67.5 Å². The van der Waals surface area contributed by atoms with Gasteiger partial charge in [-0.15, -0.1) is 0 Å². The van der Waals surface area contributed by atoms with Gasteiger partial charge in [-0.25, -0.2) is 0 Å². The van der Waals surface area contributed by atoms with Gasteiger partial charge in [-0.05, 0) is 116 Å². The van der Waals surface area contributed by atoms with Gasteiger partial charge in [-0.1, -0.05) is 70.9 Å². The number of rotatable bonds is 33. The molecule has 1 aliphatic heterocycles. The van der Waals surface area contributed by atoms with E-state index in [-0.39, 0.29) is 96.8 Å². The van der Waals surface area contributed by atoms with Crippen molar-refractivity contribution in [1.82, 2.24) is 58.5 Å². The molecule has 2 rings (SSSR count). The van der Waals surface area contributed by atoms with Crippen LogP contribution in [0.1, 0.15) is 118 Å². The summed E-state index contributed by atoms with van der Waals surface area (Å²) in [5.41, 5.74) is 30.0. The van der Waals surface area contributed by atoms with Crippen LogP contribution in [0.2, 0.25) is 0 Å². The molecule has 0 saturated carbocycles. The molecule has 1 fully saturated rings. The molecule has 0 aromatic heterocycles. The number of aliphatic hydroxyl groups excluding tert-OH is 2. The predicted molar refractivity (Wildman–Crippen MR) is 332 cm³/mol. The Labute approximate surface area is 526 Å². The zero-order chi connectivity index (χ0) is 67.5. The lowest BCUT2D eigenvalue weighted by Gasteiger charge is -2.29. The van der Waals surface area contributed by atoms with Crippen molar-refractivity contribution in [2.75, 3.05) is 58.6 Å². The smallest absolute Gasteiger partial charge is 0.340 e. The van der Waals surface area contributed by atoms with Crippen molar-refractivity contribution < 1.29 is 76.6 Å². The van der Waals surface area contributed by atoms with Gasteiger partial charge in [-0.3, -0.25) is 57.3 Å². The van der Waals surface area contributed by atoms with Crippen LogP contribution >= 0.6 is 7.60 Å². The molecule has 0 aliphatic carbocycles. The highest BCUT2D eigenvalue weighted by Crippen LogP contribution is 2.48. The summed E-state index contributed by atoms with van der Waals surface area (Å²) in [7, 11) is -3.98. The summed E-state index contributed by atoms with van der Waals surface area (Å²) >= 11 is 0. The fourth-order valence-electron chi connectivity index (χ4n) is 9.11. The fourth-order valence-corrected chi connectivity index (χ4v) is 10.6. The van der Waals surface area contributed by atoms with E-state index in [4.69, 9.17) is 37.7 Å². The molecule has 1 aromatic rings. The maximum Gasteiger partial charge on any atom is 0.340 e. The highest BCUT2D eigenvalue weighted by atomic mass is 31.2. The van der Waals surface area contributed by atoms with E-state index < -0.39 is 164 Å². The quantitative estimate of drug-likeness (QED) is 0.0231. The molecule has 33 heteroatoms. The van der Waals surface area contributed by atoms with Crippen LogP contribution < -0.4 is 87.2 Å². The van der Waals surface area contributed by atoms with Crippen molar-refractivity contribution in [3.05, 3.63) is 35.9 Å². The number of aliphatic hydroxyl groups is 2. The number of nitrogens with two attached hydrogens (primary N) is 5. The van der Waals surface area contributed by atoms with E-state index in [0.717, 1.165) is 6.92 Å². The zero-order valence-corrected chi connectivity index (χ0v) is 53.6. The highest BCUT2D eigenvalue weighted by Gasteiger charge is 2.38. The Balaban J connectivity index is 2.68. The maximum absolute atomic E-state index is 14.6. The van der Waals surface area contributed by atoms with Crippen molar-refractivity contribution in [3.8, 4) is 0 Å². The van der Waals surface area contributed by atoms with E-state index in [1.807, 2.05) is 13.8 Å². The Kier molecular flexibility index (Phi) is 37.3. The summed E-state index contributed by atoms with van der Waals surface area (Å²) in [6.07, 6.45) is -3.24. The van der Waals surface area contributed by atoms with Gasteiger partial charge >= 0.3 is 7.60 Å². The minimum absolute atomic E-state index is 0.0310. The third kappa shape index (κ3) is 28.6. The van der Waals surface area contributed by atoms with Crippen LogP contribution in [0.4, 0.5) is 0 Å². The fraction of sp³-hybridized carbons (Fsp3) is 0.702. The average molecular weight is 1300 g/mol. The molecule has 12 atom stereocenters. The topological polar surface area (TPSA) is 526 Å². The molecule has 32 nitrogen and oxygen atoms in total. The Hall–Kier alpha value is -6.74. The Morgan fingerprint density at radius 2 is 1.06 bits per heavy atom.